The van der Waals surface area contributed by atoms with Gasteiger partial charge in [0.1, 0.15) is 0 Å². The van der Waals surface area contributed by atoms with Gasteiger partial charge in [0.05, 0.1) is 0 Å². The van der Waals surface area contributed by atoms with E-state index in [1.165, 1.54) is 0 Å². The molecule has 2 nitrogen and oxygen atoms in total. The molecular formula is C13H26BrNO. The summed E-state index contributed by atoms with van der Waals surface area (Å²) in [5.74, 6) is 0.616. The fraction of sp³-hybridized carbons (Fsp3) is 0.923. The zero-order valence-corrected chi connectivity index (χ0v) is 12.6. The average molecular weight is 292 g/mol. The van der Waals surface area contributed by atoms with Crippen LogP contribution in [0.15, 0.2) is 0 Å². The molecule has 0 heterocycles. The Morgan fingerprint density at radius 1 is 1.06 bits per heavy atom. The summed E-state index contributed by atoms with van der Waals surface area (Å²) in [7, 11) is 0. The SMILES string of the molecule is CCCC(CCC)C(=O)N(CCC)CCBr. The summed E-state index contributed by atoms with van der Waals surface area (Å²) >= 11 is 3.42. The van der Waals surface area contributed by atoms with Gasteiger partial charge in [0.15, 0.2) is 0 Å². The summed E-state index contributed by atoms with van der Waals surface area (Å²) in [5, 5.41) is 0.879. The smallest absolute Gasteiger partial charge is 0.225 e. The van der Waals surface area contributed by atoms with E-state index in [2.05, 4.69) is 36.7 Å². The number of carbonyl (C=O) groups excluding carboxylic acids is 1. The first-order valence-electron chi connectivity index (χ1n) is 6.55. The molecule has 96 valence electrons. The molecule has 16 heavy (non-hydrogen) atoms. The van der Waals surface area contributed by atoms with Crippen molar-refractivity contribution in [3.8, 4) is 0 Å². The minimum Gasteiger partial charge on any atom is -0.342 e. The second-order valence-electron chi connectivity index (χ2n) is 4.29. The van der Waals surface area contributed by atoms with Crippen molar-refractivity contribution in [1.82, 2.24) is 4.90 Å². The summed E-state index contributed by atoms with van der Waals surface area (Å²) in [6, 6.07) is 0. The highest BCUT2D eigenvalue weighted by Crippen LogP contribution is 2.17. The number of hydrogen-bond donors (Lipinski definition) is 0. The van der Waals surface area contributed by atoms with Crippen molar-refractivity contribution >= 4 is 21.8 Å². The number of amides is 1. The highest BCUT2D eigenvalue weighted by atomic mass is 79.9. The van der Waals surface area contributed by atoms with Crippen molar-refractivity contribution < 1.29 is 4.79 Å². The lowest BCUT2D eigenvalue weighted by Gasteiger charge is -2.26. The molecule has 0 aromatic carbocycles. The first-order valence-corrected chi connectivity index (χ1v) is 7.68. The van der Waals surface area contributed by atoms with Crippen molar-refractivity contribution in [2.75, 3.05) is 18.4 Å². The van der Waals surface area contributed by atoms with Crippen LogP contribution in [0.5, 0.6) is 0 Å². The van der Waals surface area contributed by atoms with Crippen molar-refractivity contribution in [3.05, 3.63) is 0 Å². The Morgan fingerprint density at radius 2 is 1.62 bits per heavy atom. The number of hydrogen-bond acceptors (Lipinski definition) is 1. The van der Waals surface area contributed by atoms with E-state index in [1.807, 2.05) is 4.90 Å². The van der Waals surface area contributed by atoms with Crippen molar-refractivity contribution in [2.24, 2.45) is 5.92 Å². The van der Waals surface area contributed by atoms with Crippen LogP contribution in [0.1, 0.15) is 52.9 Å². The average Bonchev–Trinajstić information content (AvgIpc) is 2.27. The monoisotopic (exact) mass is 291 g/mol. The Bertz CT molecular complexity index is 155. The van der Waals surface area contributed by atoms with Gasteiger partial charge in [-0.1, -0.05) is 49.5 Å². The largest absolute Gasteiger partial charge is 0.342 e. The van der Waals surface area contributed by atoms with Crippen LogP contribution >= 0.6 is 15.9 Å². The van der Waals surface area contributed by atoms with Gasteiger partial charge >= 0.3 is 0 Å². The normalized spacial score (nSPS) is 10.8. The summed E-state index contributed by atoms with van der Waals surface area (Å²) in [6.07, 6.45) is 5.32. The van der Waals surface area contributed by atoms with E-state index < -0.39 is 0 Å². The number of carbonyl (C=O) groups is 1. The van der Waals surface area contributed by atoms with E-state index in [4.69, 9.17) is 0 Å². The molecule has 0 aromatic rings. The lowest BCUT2D eigenvalue weighted by Crippen LogP contribution is -2.38. The molecule has 0 aliphatic carbocycles. The van der Waals surface area contributed by atoms with E-state index in [-0.39, 0.29) is 5.92 Å². The number of rotatable bonds is 9. The van der Waals surface area contributed by atoms with Crippen LogP contribution in [0.3, 0.4) is 0 Å². The molecule has 0 bridgehead atoms. The number of halogens is 1. The van der Waals surface area contributed by atoms with Crippen LogP contribution in [-0.4, -0.2) is 29.2 Å². The lowest BCUT2D eigenvalue weighted by molar-refractivity contribution is -0.135. The van der Waals surface area contributed by atoms with Gasteiger partial charge in [-0.2, -0.15) is 0 Å². The van der Waals surface area contributed by atoms with Crippen LogP contribution in [0.2, 0.25) is 0 Å². The van der Waals surface area contributed by atoms with Gasteiger partial charge in [-0.25, -0.2) is 0 Å². The maximum absolute atomic E-state index is 12.3. The molecule has 0 aliphatic heterocycles. The molecule has 0 unspecified atom stereocenters. The first-order chi connectivity index (χ1) is 7.71. The second kappa shape index (κ2) is 10.1. The Balaban J connectivity index is 4.38. The topological polar surface area (TPSA) is 20.3 Å². The van der Waals surface area contributed by atoms with Gasteiger partial charge in [-0.05, 0) is 19.3 Å². The van der Waals surface area contributed by atoms with Crippen molar-refractivity contribution in [1.29, 1.82) is 0 Å². The summed E-state index contributed by atoms with van der Waals surface area (Å²) in [5.41, 5.74) is 0. The maximum Gasteiger partial charge on any atom is 0.225 e. The molecule has 3 heteroatoms. The standard InChI is InChI=1S/C13H26BrNO/c1-4-7-12(8-5-2)13(16)15(10-6-3)11-9-14/h12H,4-11H2,1-3H3. The summed E-state index contributed by atoms with van der Waals surface area (Å²) < 4.78 is 0. The fourth-order valence-electron chi connectivity index (χ4n) is 2.05. The Labute approximate surface area is 109 Å². The molecule has 1 amide bonds. The first kappa shape index (κ1) is 16.0. The van der Waals surface area contributed by atoms with Crippen molar-refractivity contribution in [2.45, 2.75) is 52.9 Å². The Morgan fingerprint density at radius 3 is 2.00 bits per heavy atom. The van der Waals surface area contributed by atoms with Crippen LogP contribution < -0.4 is 0 Å². The fourth-order valence-corrected chi connectivity index (χ4v) is 2.48. The van der Waals surface area contributed by atoms with Gasteiger partial charge in [-0.3, -0.25) is 4.79 Å². The van der Waals surface area contributed by atoms with Gasteiger partial charge in [0.25, 0.3) is 0 Å². The third kappa shape index (κ3) is 5.88. The summed E-state index contributed by atoms with van der Waals surface area (Å²) in [4.78, 5) is 14.3. The van der Waals surface area contributed by atoms with Crippen LogP contribution in [0, 0.1) is 5.92 Å². The molecule has 0 atom stereocenters. The Hall–Kier alpha value is -0.0500. The molecule has 0 aliphatic rings. The van der Waals surface area contributed by atoms with E-state index in [9.17, 15) is 4.79 Å². The van der Waals surface area contributed by atoms with Gasteiger partial charge in [0.2, 0.25) is 5.91 Å². The second-order valence-corrected chi connectivity index (χ2v) is 5.08. The molecule has 0 fully saturated rings. The lowest BCUT2D eigenvalue weighted by atomic mass is 9.96. The molecule has 0 saturated heterocycles. The molecule has 0 rings (SSSR count). The van der Waals surface area contributed by atoms with Gasteiger partial charge < -0.3 is 4.90 Å². The number of nitrogens with zero attached hydrogens (tertiary/aromatic N) is 1. The molecule has 0 N–H and O–H groups in total. The Kier molecular flexibility index (Phi) is 10.1. The molecule has 0 radical (unpaired) electrons. The molecular weight excluding hydrogens is 266 g/mol. The predicted octanol–water partition coefficient (Wildman–Crippen LogP) is 3.84. The van der Waals surface area contributed by atoms with Gasteiger partial charge in [0, 0.05) is 24.3 Å². The van der Waals surface area contributed by atoms with Gasteiger partial charge in [-0.15, -0.1) is 0 Å². The highest BCUT2D eigenvalue weighted by Gasteiger charge is 2.21. The van der Waals surface area contributed by atoms with E-state index in [0.29, 0.717) is 5.91 Å². The molecule has 0 saturated carbocycles. The zero-order valence-electron chi connectivity index (χ0n) is 11.0. The number of alkyl halides is 1. The highest BCUT2D eigenvalue weighted by molar-refractivity contribution is 9.09. The predicted molar refractivity (Wildman–Crippen MR) is 74.0 cm³/mol. The third-order valence-corrected chi connectivity index (χ3v) is 3.14. The van der Waals surface area contributed by atoms with Crippen molar-refractivity contribution in [3.63, 3.8) is 0 Å². The van der Waals surface area contributed by atoms with Crippen LogP contribution in [0.4, 0.5) is 0 Å². The zero-order chi connectivity index (χ0) is 12.4. The maximum atomic E-state index is 12.3. The van der Waals surface area contributed by atoms with E-state index >= 15 is 0 Å². The quantitative estimate of drug-likeness (QED) is 0.591. The summed E-state index contributed by atoms with van der Waals surface area (Å²) in [6.45, 7) is 8.18. The third-order valence-electron chi connectivity index (χ3n) is 2.78. The van der Waals surface area contributed by atoms with E-state index in [0.717, 1.165) is 50.5 Å². The van der Waals surface area contributed by atoms with Crippen LogP contribution in [-0.2, 0) is 4.79 Å². The minimum atomic E-state index is 0.251. The molecule has 0 spiro atoms. The molecule has 0 aromatic heterocycles. The van der Waals surface area contributed by atoms with Crippen LogP contribution in [0.25, 0.3) is 0 Å². The minimum absolute atomic E-state index is 0.251. The van der Waals surface area contributed by atoms with E-state index in [1.54, 1.807) is 0 Å².